The molecule has 2 amide bonds. The maximum absolute atomic E-state index is 12.9. The van der Waals surface area contributed by atoms with Crippen LogP contribution in [0.5, 0.6) is 5.75 Å². The number of rotatable bonds is 7. The summed E-state index contributed by atoms with van der Waals surface area (Å²) in [5.74, 6) is -0.481. The molecule has 4 N–H and O–H groups in total. The van der Waals surface area contributed by atoms with Gasteiger partial charge in [-0.2, -0.15) is 0 Å². The van der Waals surface area contributed by atoms with Crippen molar-refractivity contribution in [3.05, 3.63) is 70.1 Å². The van der Waals surface area contributed by atoms with Gasteiger partial charge in [0.1, 0.15) is 10.8 Å². The van der Waals surface area contributed by atoms with E-state index >= 15 is 0 Å². The van der Waals surface area contributed by atoms with E-state index in [0.717, 1.165) is 36.1 Å². The summed E-state index contributed by atoms with van der Waals surface area (Å²) in [5, 5.41) is 3.22. The number of carbonyl (C=O) groups is 2. The minimum atomic E-state index is -3.86. The first-order chi connectivity index (χ1) is 15.8. The first-order valence-corrected chi connectivity index (χ1v) is 12.6. The minimum absolute atomic E-state index is 0.0634. The summed E-state index contributed by atoms with van der Waals surface area (Å²) >= 11 is 1.37. The first kappa shape index (κ1) is 22.8. The molecule has 10 heteroatoms. The Bertz CT molecular complexity index is 1310. The van der Waals surface area contributed by atoms with Crippen molar-refractivity contribution in [2.45, 2.75) is 30.6 Å². The number of anilines is 2. The molecule has 3 aromatic rings. The van der Waals surface area contributed by atoms with Crippen LogP contribution in [0.25, 0.3) is 0 Å². The van der Waals surface area contributed by atoms with Crippen molar-refractivity contribution in [3.63, 3.8) is 0 Å². The average Bonchev–Trinajstić information content (AvgIpc) is 3.17. The smallest absolute Gasteiger partial charge is 0.261 e. The molecule has 0 spiro atoms. The lowest BCUT2D eigenvalue weighted by Gasteiger charge is -2.11. The molecule has 0 aliphatic heterocycles. The van der Waals surface area contributed by atoms with Crippen molar-refractivity contribution in [3.8, 4) is 5.75 Å². The van der Waals surface area contributed by atoms with E-state index in [4.69, 9.17) is 10.5 Å². The van der Waals surface area contributed by atoms with Gasteiger partial charge in [-0.05, 0) is 73.7 Å². The Morgan fingerprint density at radius 3 is 2.48 bits per heavy atom. The SMILES string of the molecule is COc1ccc(S(=O)(=O)Nc2cccc(C(=O)Nc3sc4c(c3C(N)=O)CCCC4)c2)cc1. The molecule has 0 radical (unpaired) electrons. The number of primary amides is 1. The number of nitrogens with one attached hydrogen (secondary N) is 2. The van der Waals surface area contributed by atoms with Gasteiger partial charge in [-0.15, -0.1) is 11.3 Å². The van der Waals surface area contributed by atoms with Crippen LogP contribution >= 0.6 is 11.3 Å². The van der Waals surface area contributed by atoms with Crippen molar-refractivity contribution in [2.75, 3.05) is 17.1 Å². The van der Waals surface area contributed by atoms with Gasteiger partial charge in [0.2, 0.25) is 0 Å². The minimum Gasteiger partial charge on any atom is -0.497 e. The predicted octanol–water partition coefficient (Wildman–Crippen LogP) is 3.79. The third-order valence-corrected chi connectivity index (χ3v) is 8.00. The monoisotopic (exact) mass is 485 g/mol. The second-order valence-corrected chi connectivity index (χ2v) is 10.4. The molecule has 33 heavy (non-hydrogen) atoms. The number of fused-ring (bicyclic) bond motifs is 1. The Hall–Kier alpha value is -3.37. The lowest BCUT2D eigenvalue weighted by atomic mass is 9.95. The van der Waals surface area contributed by atoms with Crippen LogP contribution in [-0.2, 0) is 22.9 Å². The van der Waals surface area contributed by atoms with E-state index in [-0.39, 0.29) is 16.1 Å². The molecule has 172 valence electrons. The highest BCUT2D eigenvalue weighted by Gasteiger charge is 2.25. The quantitative estimate of drug-likeness (QED) is 0.469. The molecule has 0 fully saturated rings. The van der Waals surface area contributed by atoms with Crippen LogP contribution in [0.2, 0.25) is 0 Å². The van der Waals surface area contributed by atoms with Crippen molar-refractivity contribution in [2.24, 2.45) is 5.73 Å². The Balaban J connectivity index is 1.55. The van der Waals surface area contributed by atoms with Crippen molar-refractivity contribution in [1.29, 1.82) is 0 Å². The van der Waals surface area contributed by atoms with Crippen LogP contribution in [0.3, 0.4) is 0 Å². The number of hydrogen-bond donors (Lipinski definition) is 3. The molecule has 0 saturated heterocycles. The lowest BCUT2D eigenvalue weighted by Crippen LogP contribution is -2.19. The fourth-order valence-electron chi connectivity index (χ4n) is 3.78. The van der Waals surface area contributed by atoms with Crippen molar-refractivity contribution >= 4 is 43.9 Å². The Labute approximate surface area is 195 Å². The number of nitrogens with two attached hydrogens (primary N) is 1. The number of amides is 2. The number of hydrogen-bond acceptors (Lipinski definition) is 6. The van der Waals surface area contributed by atoms with E-state index in [1.807, 2.05) is 0 Å². The summed E-state index contributed by atoms with van der Waals surface area (Å²) < 4.78 is 32.9. The predicted molar refractivity (Wildman–Crippen MR) is 128 cm³/mol. The molecule has 1 aromatic heterocycles. The topological polar surface area (TPSA) is 128 Å². The first-order valence-electron chi connectivity index (χ1n) is 10.3. The highest BCUT2D eigenvalue weighted by molar-refractivity contribution is 7.92. The number of sulfonamides is 1. The lowest BCUT2D eigenvalue weighted by molar-refractivity contribution is 0.100. The number of aryl methyl sites for hydroxylation is 1. The second kappa shape index (κ2) is 9.24. The van der Waals surface area contributed by atoms with Crippen LogP contribution in [0.15, 0.2) is 53.4 Å². The molecule has 0 atom stereocenters. The highest BCUT2D eigenvalue weighted by atomic mass is 32.2. The Morgan fingerprint density at radius 2 is 1.79 bits per heavy atom. The van der Waals surface area contributed by atoms with Crippen LogP contribution in [-0.4, -0.2) is 27.3 Å². The van der Waals surface area contributed by atoms with E-state index in [2.05, 4.69) is 10.0 Å². The summed E-state index contributed by atoms with van der Waals surface area (Å²) in [7, 11) is -2.36. The van der Waals surface area contributed by atoms with E-state index in [9.17, 15) is 18.0 Å². The van der Waals surface area contributed by atoms with E-state index < -0.39 is 21.8 Å². The maximum Gasteiger partial charge on any atom is 0.261 e. The van der Waals surface area contributed by atoms with Gasteiger partial charge in [0.05, 0.1) is 17.6 Å². The van der Waals surface area contributed by atoms with Gasteiger partial charge in [-0.3, -0.25) is 14.3 Å². The Morgan fingerprint density at radius 1 is 1.06 bits per heavy atom. The summed E-state index contributed by atoms with van der Waals surface area (Å²) in [4.78, 5) is 26.1. The summed E-state index contributed by atoms with van der Waals surface area (Å²) in [6, 6.07) is 12.1. The number of methoxy groups -OCH3 is 1. The van der Waals surface area contributed by atoms with Crippen LogP contribution in [0.4, 0.5) is 10.7 Å². The zero-order valence-corrected chi connectivity index (χ0v) is 19.5. The zero-order chi connectivity index (χ0) is 23.6. The number of benzene rings is 2. The van der Waals surface area contributed by atoms with Crippen LogP contribution < -0.4 is 20.5 Å². The fourth-order valence-corrected chi connectivity index (χ4v) is 6.12. The summed E-state index contributed by atoms with van der Waals surface area (Å²) in [6.45, 7) is 0. The van der Waals surface area contributed by atoms with Crippen LogP contribution in [0.1, 0.15) is 44.0 Å². The number of carbonyl (C=O) groups excluding carboxylic acids is 2. The summed E-state index contributed by atoms with van der Waals surface area (Å²) in [6.07, 6.45) is 3.64. The van der Waals surface area contributed by atoms with E-state index in [0.29, 0.717) is 16.3 Å². The van der Waals surface area contributed by atoms with Gasteiger partial charge < -0.3 is 15.8 Å². The largest absolute Gasteiger partial charge is 0.497 e. The normalized spacial score (nSPS) is 13.1. The molecular formula is C23H23N3O5S2. The van der Waals surface area contributed by atoms with Gasteiger partial charge in [0, 0.05) is 16.1 Å². The van der Waals surface area contributed by atoms with Gasteiger partial charge >= 0.3 is 0 Å². The Kier molecular flexibility index (Phi) is 6.39. The molecule has 8 nitrogen and oxygen atoms in total. The molecule has 1 aliphatic carbocycles. The third kappa shape index (κ3) is 4.86. The number of ether oxygens (including phenoxy) is 1. The highest BCUT2D eigenvalue weighted by Crippen LogP contribution is 2.38. The van der Waals surface area contributed by atoms with Crippen molar-refractivity contribution in [1.82, 2.24) is 0 Å². The molecular weight excluding hydrogens is 462 g/mol. The van der Waals surface area contributed by atoms with E-state index in [1.165, 1.54) is 36.6 Å². The van der Waals surface area contributed by atoms with Gasteiger partial charge in [0.15, 0.2) is 0 Å². The molecule has 0 bridgehead atoms. The maximum atomic E-state index is 12.9. The summed E-state index contributed by atoms with van der Waals surface area (Å²) in [5.41, 5.74) is 7.37. The third-order valence-electron chi connectivity index (χ3n) is 5.39. The van der Waals surface area contributed by atoms with Gasteiger partial charge in [-0.25, -0.2) is 8.42 Å². The molecule has 4 rings (SSSR count). The average molecular weight is 486 g/mol. The fraction of sp³-hybridized carbons (Fsp3) is 0.217. The number of thiophene rings is 1. The van der Waals surface area contributed by atoms with Gasteiger partial charge in [-0.1, -0.05) is 6.07 Å². The molecule has 0 unspecified atom stereocenters. The molecule has 0 saturated carbocycles. The molecule has 1 aliphatic rings. The van der Waals surface area contributed by atoms with E-state index in [1.54, 1.807) is 30.3 Å². The van der Waals surface area contributed by atoms with Crippen LogP contribution in [0, 0.1) is 0 Å². The van der Waals surface area contributed by atoms with Crippen molar-refractivity contribution < 1.29 is 22.7 Å². The van der Waals surface area contributed by atoms with Gasteiger partial charge in [0.25, 0.3) is 21.8 Å². The molecule has 1 heterocycles. The molecule has 2 aromatic carbocycles. The standard InChI is InChI=1S/C23H23N3O5S2/c1-31-16-9-11-17(12-10-16)33(29,30)26-15-6-4-5-14(13-15)22(28)25-23-20(21(24)27)18-7-2-3-8-19(18)32-23/h4-6,9-13,26H,2-3,7-8H2,1H3,(H2,24,27)(H,25,28). The zero-order valence-electron chi connectivity index (χ0n) is 17.9. The second-order valence-electron chi connectivity index (χ2n) is 7.60.